The van der Waals surface area contributed by atoms with Gasteiger partial charge >= 0.3 is 5.97 Å². The Labute approximate surface area is 163 Å². The van der Waals surface area contributed by atoms with E-state index < -0.39 is 0 Å². The van der Waals surface area contributed by atoms with Crippen molar-refractivity contribution >= 4 is 22.8 Å². The van der Waals surface area contributed by atoms with Crippen LogP contribution in [0.25, 0.3) is 10.9 Å². The summed E-state index contributed by atoms with van der Waals surface area (Å²) < 4.78 is 12.5. The van der Waals surface area contributed by atoms with Crippen molar-refractivity contribution in [2.24, 2.45) is 5.92 Å². The summed E-state index contributed by atoms with van der Waals surface area (Å²) in [6.07, 6.45) is 1.48. The topological polar surface area (TPSA) is 77.8 Å². The number of ether oxygens (including phenoxy) is 2. The predicted molar refractivity (Wildman–Crippen MR) is 105 cm³/mol. The standard InChI is InChI=1S/C21H26N2O5/c1-3-23-17-10-6-5-9-16(17)18(12-19(23)24)28-14-20(25)22-11-7-8-15(13-22)21(26)27-4-2/h5-6,9-10,12,15H,3-4,7-8,11,13-14H2,1-2H3. The van der Waals surface area contributed by atoms with Gasteiger partial charge in [0.15, 0.2) is 6.61 Å². The van der Waals surface area contributed by atoms with Gasteiger partial charge in [-0.25, -0.2) is 0 Å². The number of aromatic nitrogens is 1. The molecule has 1 amide bonds. The first-order chi connectivity index (χ1) is 13.5. The number of aryl methyl sites for hydroxylation is 1. The number of hydrogen-bond donors (Lipinski definition) is 0. The third kappa shape index (κ3) is 4.18. The van der Waals surface area contributed by atoms with Gasteiger partial charge in [-0.05, 0) is 38.8 Å². The molecule has 1 aliphatic heterocycles. The van der Waals surface area contributed by atoms with Gasteiger partial charge in [0.25, 0.3) is 11.5 Å². The van der Waals surface area contributed by atoms with E-state index in [0.717, 1.165) is 23.7 Å². The number of para-hydroxylation sites is 1. The molecule has 2 heterocycles. The molecular formula is C21H26N2O5. The minimum absolute atomic E-state index is 0.163. The number of amides is 1. The average Bonchev–Trinajstić information content (AvgIpc) is 2.72. The van der Waals surface area contributed by atoms with Crippen LogP contribution in [0.3, 0.4) is 0 Å². The molecule has 0 aliphatic carbocycles. The molecule has 1 aromatic carbocycles. The van der Waals surface area contributed by atoms with Crippen molar-refractivity contribution in [1.82, 2.24) is 9.47 Å². The summed E-state index contributed by atoms with van der Waals surface area (Å²) in [5, 5.41) is 0.791. The SMILES string of the molecule is CCOC(=O)C1CCCN(C(=O)COc2cc(=O)n(CC)c3ccccc23)C1. The summed E-state index contributed by atoms with van der Waals surface area (Å²) in [5.41, 5.74) is 0.615. The third-order valence-corrected chi connectivity index (χ3v) is 5.04. The molecule has 150 valence electrons. The summed E-state index contributed by atoms with van der Waals surface area (Å²) >= 11 is 0. The average molecular weight is 386 g/mol. The maximum atomic E-state index is 12.6. The van der Waals surface area contributed by atoms with E-state index in [9.17, 15) is 14.4 Å². The second-order valence-electron chi connectivity index (χ2n) is 6.83. The number of esters is 1. The summed E-state index contributed by atoms with van der Waals surface area (Å²) in [7, 11) is 0. The van der Waals surface area contributed by atoms with E-state index in [1.807, 2.05) is 31.2 Å². The Morgan fingerprint density at radius 2 is 2.00 bits per heavy atom. The van der Waals surface area contributed by atoms with Crippen LogP contribution in [-0.4, -0.2) is 47.6 Å². The van der Waals surface area contributed by atoms with Gasteiger partial charge in [-0.1, -0.05) is 12.1 Å². The van der Waals surface area contributed by atoms with Gasteiger partial charge in [0.1, 0.15) is 5.75 Å². The third-order valence-electron chi connectivity index (χ3n) is 5.04. The van der Waals surface area contributed by atoms with Gasteiger partial charge in [-0.2, -0.15) is 0 Å². The minimum Gasteiger partial charge on any atom is -0.483 e. The van der Waals surface area contributed by atoms with Crippen LogP contribution < -0.4 is 10.3 Å². The molecule has 0 spiro atoms. The second kappa shape index (κ2) is 8.91. The van der Waals surface area contributed by atoms with Crippen LogP contribution in [0.4, 0.5) is 0 Å². The molecule has 0 saturated carbocycles. The number of likely N-dealkylation sites (tertiary alicyclic amines) is 1. The maximum Gasteiger partial charge on any atom is 0.310 e. The van der Waals surface area contributed by atoms with Crippen molar-refractivity contribution in [2.45, 2.75) is 33.2 Å². The van der Waals surface area contributed by atoms with Crippen LogP contribution in [0.15, 0.2) is 35.1 Å². The van der Waals surface area contributed by atoms with E-state index in [1.54, 1.807) is 16.4 Å². The van der Waals surface area contributed by atoms with E-state index in [-0.39, 0.29) is 30.0 Å². The summed E-state index contributed by atoms with van der Waals surface area (Å²) in [4.78, 5) is 38.6. The molecule has 7 heteroatoms. The van der Waals surface area contributed by atoms with Crippen LogP contribution >= 0.6 is 0 Å². The number of carbonyl (C=O) groups excluding carboxylic acids is 2. The highest BCUT2D eigenvalue weighted by Crippen LogP contribution is 2.24. The van der Waals surface area contributed by atoms with Crippen molar-refractivity contribution in [3.63, 3.8) is 0 Å². The number of nitrogens with zero attached hydrogens (tertiary/aromatic N) is 2. The first-order valence-electron chi connectivity index (χ1n) is 9.75. The Bertz CT molecular complexity index is 921. The van der Waals surface area contributed by atoms with Crippen molar-refractivity contribution in [2.75, 3.05) is 26.3 Å². The van der Waals surface area contributed by atoms with Crippen molar-refractivity contribution < 1.29 is 19.1 Å². The minimum atomic E-state index is -0.285. The van der Waals surface area contributed by atoms with Crippen LogP contribution in [-0.2, 0) is 20.9 Å². The molecule has 1 fully saturated rings. The van der Waals surface area contributed by atoms with E-state index in [2.05, 4.69) is 0 Å². The molecule has 1 unspecified atom stereocenters. The predicted octanol–water partition coefficient (Wildman–Crippen LogP) is 2.20. The Hall–Kier alpha value is -2.83. The highest BCUT2D eigenvalue weighted by atomic mass is 16.5. The number of carbonyl (C=O) groups is 2. The molecular weight excluding hydrogens is 360 g/mol. The molecule has 28 heavy (non-hydrogen) atoms. The number of fused-ring (bicyclic) bond motifs is 1. The normalized spacial score (nSPS) is 16.8. The zero-order valence-electron chi connectivity index (χ0n) is 16.3. The number of piperidine rings is 1. The Morgan fingerprint density at radius 3 is 2.75 bits per heavy atom. The van der Waals surface area contributed by atoms with Gasteiger partial charge in [-0.3, -0.25) is 14.4 Å². The lowest BCUT2D eigenvalue weighted by atomic mass is 9.98. The summed E-state index contributed by atoms with van der Waals surface area (Å²) in [6, 6.07) is 8.90. The number of hydrogen-bond acceptors (Lipinski definition) is 5. The van der Waals surface area contributed by atoms with Crippen LogP contribution in [0.2, 0.25) is 0 Å². The zero-order chi connectivity index (χ0) is 20.1. The summed E-state index contributed by atoms with van der Waals surface area (Å²) in [5.74, 6) is -0.336. The van der Waals surface area contributed by atoms with Crippen molar-refractivity contribution in [3.05, 3.63) is 40.7 Å². The van der Waals surface area contributed by atoms with Crippen molar-refractivity contribution in [1.29, 1.82) is 0 Å². The molecule has 3 rings (SSSR count). The number of benzene rings is 1. The van der Waals surface area contributed by atoms with Crippen LogP contribution in [0.1, 0.15) is 26.7 Å². The van der Waals surface area contributed by atoms with E-state index in [1.165, 1.54) is 6.07 Å². The monoisotopic (exact) mass is 386 g/mol. The maximum absolute atomic E-state index is 12.6. The fraction of sp³-hybridized carbons (Fsp3) is 0.476. The van der Waals surface area contributed by atoms with Gasteiger partial charge < -0.3 is 18.9 Å². The molecule has 0 bridgehead atoms. The Kier molecular flexibility index (Phi) is 6.34. The van der Waals surface area contributed by atoms with E-state index in [4.69, 9.17) is 9.47 Å². The van der Waals surface area contributed by atoms with Crippen molar-refractivity contribution in [3.8, 4) is 5.75 Å². The van der Waals surface area contributed by atoms with Gasteiger partial charge in [0.2, 0.25) is 0 Å². The highest BCUT2D eigenvalue weighted by Gasteiger charge is 2.29. The smallest absolute Gasteiger partial charge is 0.310 e. The van der Waals surface area contributed by atoms with E-state index >= 15 is 0 Å². The first kappa shape index (κ1) is 19.9. The molecule has 1 aliphatic rings. The van der Waals surface area contributed by atoms with Crippen LogP contribution in [0.5, 0.6) is 5.75 Å². The van der Waals surface area contributed by atoms with E-state index in [0.29, 0.717) is 32.0 Å². The highest BCUT2D eigenvalue weighted by molar-refractivity contribution is 5.86. The molecule has 1 atom stereocenters. The van der Waals surface area contributed by atoms with Gasteiger partial charge in [0, 0.05) is 31.1 Å². The largest absolute Gasteiger partial charge is 0.483 e. The molecule has 2 aromatic rings. The number of pyridine rings is 1. The van der Waals surface area contributed by atoms with Gasteiger partial charge in [0.05, 0.1) is 18.0 Å². The fourth-order valence-corrected chi connectivity index (χ4v) is 3.64. The lowest BCUT2D eigenvalue weighted by molar-refractivity contribution is -0.151. The lowest BCUT2D eigenvalue weighted by Crippen LogP contribution is -2.44. The molecule has 7 nitrogen and oxygen atoms in total. The summed E-state index contributed by atoms with van der Waals surface area (Å²) in [6.45, 7) is 5.34. The molecule has 1 saturated heterocycles. The molecule has 0 N–H and O–H groups in total. The fourth-order valence-electron chi connectivity index (χ4n) is 3.64. The molecule has 1 aromatic heterocycles. The first-order valence-corrected chi connectivity index (χ1v) is 9.75. The van der Waals surface area contributed by atoms with Crippen LogP contribution in [0, 0.1) is 5.92 Å². The quantitative estimate of drug-likeness (QED) is 0.712. The van der Waals surface area contributed by atoms with Gasteiger partial charge in [-0.15, -0.1) is 0 Å². The molecule has 0 radical (unpaired) electrons. The number of rotatable bonds is 6. The second-order valence-corrected chi connectivity index (χ2v) is 6.83. The zero-order valence-corrected chi connectivity index (χ0v) is 16.3. The Balaban J connectivity index is 1.71. The lowest BCUT2D eigenvalue weighted by Gasteiger charge is -2.31. The Morgan fingerprint density at radius 1 is 1.21 bits per heavy atom.